The number of rotatable bonds is 4. The number of furan rings is 1. The molecule has 136 valence electrons. The van der Waals surface area contributed by atoms with E-state index in [-0.39, 0.29) is 11.8 Å². The zero-order chi connectivity index (χ0) is 19.0. The highest BCUT2D eigenvalue weighted by Crippen LogP contribution is 2.45. The summed E-state index contributed by atoms with van der Waals surface area (Å²) in [6.45, 7) is 5.45. The highest BCUT2D eigenvalue weighted by molar-refractivity contribution is 7.19. The molecule has 4 rings (SSSR count). The molecule has 0 aliphatic carbocycles. The summed E-state index contributed by atoms with van der Waals surface area (Å²) in [6, 6.07) is 18.2. The third kappa shape index (κ3) is 3.38. The molecule has 0 fully saturated rings. The van der Waals surface area contributed by atoms with Crippen molar-refractivity contribution in [2.45, 2.75) is 26.7 Å². The van der Waals surface area contributed by atoms with E-state index >= 15 is 0 Å². The Kier molecular flexibility index (Phi) is 4.54. The molecule has 1 aromatic carbocycles. The van der Waals surface area contributed by atoms with Crippen molar-refractivity contribution in [1.29, 1.82) is 0 Å². The first kappa shape index (κ1) is 17.5. The molecular formula is C22H20N2O2S. The van der Waals surface area contributed by atoms with Crippen LogP contribution in [0.15, 0.2) is 59.0 Å². The van der Waals surface area contributed by atoms with Gasteiger partial charge in [-0.05, 0) is 43.7 Å². The van der Waals surface area contributed by atoms with Gasteiger partial charge in [-0.15, -0.1) is 11.3 Å². The maximum atomic E-state index is 11.9. The monoisotopic (exact) mass is 376 g/mol. The first-order valence-corrected chi connectivity index (χ1v) is 9.63. The number of carbonyl (C=O) groups is 1. The molecule has 0 aliphatic rings. The van der Waals surface area contributed by atoms with Crippen LogP contribution in [0.4, 0.5) is 5.69 Å². The topological polar surface area (TPSA) is 55.1 Å². The second-order valence-electron chi connectivity index (χ2n) is 6.62. The molecule has 0 radical (unpaired) electrons. The van der Waals surface area contributed by atoms with Crippen LogP contribution in [0.25, 0.3) is 10.2 Å². The summed E-state index contributed by atoms with van der Waals surface area (Å²) in [5.74, 6) is 1.51. The number of aromatic nitrogens is 1. The van der Waals surface area contributed by atoms with E-state index in [0.717, 1.165) is 43.6 Å². The van der Waals surface area contributed by atoms with E-state index in [0.29, 0.717) is 0 Å². The SMILES string of the molecule is CC(=O)Nc1c(C(c2ccccc2)c2ccc(C)o2)sc2nc(C)ccc12. The Bertz CT molecular complexity index is 1110. The fourth-order valence-corrected chi connectivity index (χ4v) is 4.61. The first-order chi connectivity index (χ1) is 13.0. The molecule has 3 aromatic heterocycles. The van der Waals surface area contributed by atoms with Crippen LogP contribution >= 0.6 is 11.3 Å². The maximum Gasteiger partial charge on any atom is 0.221 e. The van der Waals surface area contributed by atoms with E-state index in [2.05, 4.69) is 22.4 Å². The summed E-state index contributed by atoms with van der Waals surface area (Å²) in [7, 11) is 0. The van der Waals surface area contributed by atoms with Crippen molar-refractivity contribution in [3.05, 3.63) is 82.3 Å². The second kappa shape index (κ2) is 7.00. The van der Waals surface area contributed by atoms with Crippen LogP contribution in [-0.2, 0) is 4.79 Å². The fraction of sp³-hybridized carbons (Fsp3) is 0.182. The van der Waals surface area contributed by atoms with Gasteiger partial charge >= 0.3 is 0 Å². The van der Waals surface area contributed by atoms with Crippen molar-refractivity contribution < 1.29 is 9.21 Å². The van der Waals surface area contributed by atoms with Crippen molar-refractivity contribution in [2.24, 2.45) is 0 Å². The molecule has 4 aromatic rings. The average molecular weight is 376 g/mol. The third-order valence-corrected chi connectivity index (χ3v) is 5.63. The molecule has 0 aliphatic heterocycles. The predicted molar refractivity (Wildman–Crippen MR) is 109 cm³/mol. The van der Waals surface area contributed by atoms with E-state index in [1.54, 1.807) is 11.3 Å². The first-order valence-electron chi connectivity index (χ1n) is 8.82. The fourth-order valence-electron chi connectivity index (χ4n) is 3.30. The van der Waals surface area contributed by atoms with E-state index in [1.807, 2.05) is 56.3 Å². The molecule has 1 atom stereocenters. The standard InChI is InChI=1S/C22H20N2O2S/c1-13-9-11-17-20(24-15(3)25)21(27-22(17)23-13)19(16-7-5-4-6-8-16)18-12-10-14(2)26-18/h4-12,19H,1-3H3,(H,24,25). The highest BCUT2D eigenvalue weighted by Gasteiger charge is 2.27. The van der Waals surface area contributed by atoms with Crippen LogP contribution in [0.2, 0.25) is 0 Å². The largest absolute Gasteiger partial charge is 0.465 e. The molecule has 0 saturated carbocycles. The lowest BCUT2D eigenvalue weighted by molar-refractivity contribution is -0.114. The lowest BCUT2D eigenvalue weighted by Crippen LogP contribution is -2.09. The van der Waals surface area contributed by atoms with Crippen LogP contribution in [0.3, 0.4) is 0 Å². The molecule has 0 bridgehead atoms. The summed E-state index contributed by atoms with van der Waals surface area (Å²) in [6.07, 6.45) is 0. The zero-order valence-electron chi connectivity index (χ0n) is 15.4. The number of pyridine rings is 1. The Morgan fingerprint density at radius 3 is 2.52 bits per heavy atom. The summed E-state index contributed by atoms with van der Waals surface area (Å²) in [5, 5.41) is 3.99. The van der Waals surface area contributed by atoms with Crippen LogP contribution < -0.4 is 5.32 Å². The number of aryl methyl sites for hydroxylation is 2. The Hall–Kier alpha value is -2.92. The molecule has 5 heteroatoms. The van der Waals surface area contributed by atoms with Gasteiger partial charge in [-0.25, -0.2) is 4.98 Å². The van der Waals surface area contributed by atoms with Gasteiger partial charge in [0.1, 0.15) is 16.4 Å². The number of benzene rings is 1. The molecule has 4 nitrogen and oxygen atoms in total. The number of fused-ring (bicyclic) bond motifs is 1. The van der Waals surface area contributed by atoms with Crippen LogP contribution in [0.5, 0.6) is 0 Å². The summed E-state index contributed by atoms with van der Waals surface area (Å²) >= 11 is 1.60. The molecule has 3 heterocycles. The maximum absolute atomic E-state index is 11.9. The van der Waals surface area contributed by atoms with Gasteiger partial charge < -0.3 is 9.73 Å². The predicted octanol–water partition coefficient (Wildman–Crippen LogP) is 5.64. The number of hydrogen-bond donors (Lipinski definition) is 1. The molecule has 1 amide bonds. The summed E-state index contributed by atoms with van der Waals surface area (Å²) in [4.78, 5) is 18.5. The van der Waals surface area contributed by atoms with Crippen molar-refractivity contribution in [3.63, 3.8) is 0 Å². The van der Waals surface area contributed by atoms with E-state index in [1.165, 1.54) is 6.92 Å². The van der Waals surface area contributed by atoms with Gasteiger partial charge in [0.25, 0.3) is 0 Å². The summed E-state index contributed by atoms with van der Waals surface area (Å²) in [5.41, 5.74) is 2.88. The highest BCUT2D eigenvalue weighted by atomic mass is 32.1. The van der Waals surface area contributed by atoms with Crippen LogP contribution in [0.1, 0.15) is 40.5 Å². The Labute approximate surface area is 161 Å². The minimum absolute atomic E-state index is 0.0982. The molecule has 1 N–H and O–H groups in total. The van der Waals surface area contributed by atoms with Gasteiger partial charge in [0.05, 0.1) is 11.6 Å². The smallest absolute Gasteiger partial charge is 0.221 e. The number of nitrogens with zero attached hydrogens (tertiary/aromatic N) is 1. The number of nitrogens with one attached hydrogen (secondary N) is 1. The van der Waals surface area contributed by atoms with E-state index in [9.17, 15) is 4.79 Å². The van der Waals surface area contributed by atoms with Gasteiger partial charge in [-0.1, -0.05) is 30.3 Å². The second-order valence-corrected chi connectivity index (χ2v) is 7.65. The molecule has 0 saturated heterocycles. The van der Waals surface area contributed by atoms with Gasteiger partial charge in [0.15, 0.2) is 0 Å². The van der Waals surface area contributed by atoms with E-state index in [4.69, 9.17) is 4.42 Å². The number of carbonyl (C=O) groups excluding carboxylic acids is 1. The van der Waals surface area contributed by atoms with Crippen molar-refractivity contribution in [3.8, 4) is 0 Å². The number of amides is 1. The number of thiophene rings is 1. The van der Waals surface area contributed by atoms with Crippen molar-refractivity contribution in [2.75, 3.05) is 5.32 Å². The van der Waals surface area contributed by atoms with Crippen molar-refractivity contribution in [1.82, 2.24) is 4.98 Å². The van der Waals surface area contributed by atoms with Crippen LogP contribution in [0, 0.1) is 13.8 Å². The van der Waals surface area contributed by atoms with Crippen molar-refractivity contribution >= 4 is 33.1 Å². The molecule has 1 unspecified atom stereocenters. The Balaban J connectivity index is 1.99. The lowest BCUT2D eigenvalue weighted by Gasteiger charge is -2.16. The molecule has 0 spiro atoms. The Morgan fingerprint density at radius 2 is 1.85 bits per heavy atom. The van der Waals surface area contributed by atoms with Gasteiger partial charge in [0, 0.05) is 22.9 Å². The van der Waals surface area contributed by atoms with Gasteiger partial charge in [-0.3, -0.25) is 4.79 Å². The summed E-state index contributed by atoms with van der Waals surface area (Å²) < 4.78 is 6.01. The molecular weight excluding hydrogens is 356 g/mol. The third-order valence-electron chi connectivity index (χ3n) is 4.46. The minimum Gasteiger partial charge on any atom is -0.465 e. The van der Waals surface area contributed by atoms with Gasteiger partial charge in [-0.2, -0.15) is 0 Å². The number of hydrogen-bond acceptors (Lipinski definition) is 4. The average Bonchev–Trinajstić information content (AvgIpc) is 3.20. The van der Waals surface area contributed by atoms with Gasteiger partial charge in [0.2, 0.25) is 5.91 Å². The quantitative estimate of drug-likeness (QED) is 0.501. The van der Waals surface area contributed by atoms with E-state index < -0.39 is 0 Å². The van der Waals surface area contributed by atoms with Crippen LogP contribution in [-0.4, -0.2) is 10.9 Å². The minimum atomic E-state index is -0.110. The lowest BCUT2D eigenvalue weighted by atomic mass is 9.93. The zero-order valence-corrected chi connectivity index (χ0v) is 16.3. The molecule has 27 heavy (non-hydrogen) atoms. The normalized spacial score (nSPS) is 12.3. The number of anilines is 1. The Morgan fingerprint density at radius 1 is 1.07 bits per heavy atom.